The molecule has 2 aliphatic rings. The Morgan fingerprint density at radius 2 is 1.88 bits per heavy atom. The number of piperidine rings is 1. The molecule has 134 valence electrons. The fourth-order valence-corrected chi connectivity index (χ4v) is 6.38. The van der Waals surface area contributed by atoms with Crippen molar-refractivity contribution >= 4 is 27.3 Å². The monoisotopic (exact) mass is 371 g/mol. The van der Waals surface area contributed by atoms with E-state index >= 15 is 0 Å². The van der Waals surface area contributed by atoms with Crippen molar-refractivity contribution in [3.05, 3.63) is 16.3 Å². The van der Waals surface area contributed by atoms with E-state index in [1.165, 1.54) is 15.6 Å². The second kappa shape index (κ2) is 7.11. The van der Waals surface area contributed by atoms with Gasteiger partial charge in [-0.3, -0.25) is 4.79 Å². The number of hydrogen-bond donors (Lipinski definition) is 1. The zero-order valence-electron chi connectivity index (χ0n) is 14.0. The maximum atomic E-state index is 12.8. The van der Waals surface area contributed by atoms with Crippen LogP contribution in [0.4, 0.5) is 0 Å². The van der Waals surface area contributed by atoms with Crippen molar-refractivity contribution in [3.8, 4) is 0 Å². The van der Waals surface area contributed by atoms with Gasteiger partial charge in [0.05, 0.1) is 0 Å². The minimum atomic E-state index is -3.56. The van der Waals surface area contributed by atoms with Crippen molar-refractivity contribution in [1.29, 1.82) is 0 Å². The van der Waals surface area contributed by atoms with Crippen molar-refractivity contribution in [3.63, 3.8) is 0 Å². The van der Waals surface area contributed by atoms with Crippen molar-refractivity contribution in [1.82, 2.24) is 9.21 Å². The number of rotatable bonds is 4. The molecule has 0 aromatic carbocycles. The molecule has 2 aliphatic heterocycles. The van der Waals surface area contributed by atoms with Crippen molar-refractivity contribution in [2.75, 3.05) is 26.2 Å². The van der Waals surface area contributed by atoms with Gasteiger partial charge in [0.25, 0.3) is 5.91 Å². The topological polar surface area (TPSA) is 83.7 Å². The van der Waals surface area contributed by atoms with Crippen molar-refractivity contribution in [2.45, 2.75) is 43.5 Å². The third-order valence-electron chi connectivity index (χ3n) is 5.08. The number of amides is 1. The Balaban J connectivity index is 1.77. The van der Waals surface area contributed by atoms with Gasteiger partial charge in [-0.1, -0.05) is 0 Å². The van der Waals surface area contributed by atoms with Crippen LogP contribution in [0.5, 0.6) is 0 Å². The summed E-state index contributed by atoms with van der Waals surface area (Å²) >= 11 is 1.22. The summed E-state index contributed by atoms with van der Waals surface area (Å²) in [5.74, 6) is 0.274. The highest BCUT2D eigenvalue weighted by atomic mass is 32.2. The van der Waals surface area contributed by atoms with E-state index in [1.54, 1.807) is 16.3 Å². The van der Waals surface area contributed by atoms with Gasteiger partial charge in [0, 0.05) is 32.2 Å². The smallest absolute Gasteiger partial charge is 0.265 e. The van der Waals surface area contributed by atoms with E-state index in [4.69, 9.17) is 5.73 Å². The van der Waals surface area contributed by atoms with Gasteiger partial charge in [-0.2, -0.15) is 4.31 Å². The second-order valence-electron chi connectivity index (χ2n) is 6.71. The van der Waals surface area contributed by atoms with E-state index in [-0.39, 0.29) is 16.8 Å². The van der Waals surface area contributed by atoms with Gasteiger partial charge in [-0.05, 0) is 50.0 Å². The molecular formula is C16H25N3O3S2. The second-order valence-corrected chi connectivity index (χ2v) is 9.54. The molecule has 6 nitrogen and oxygen atoms in total. The average Bonchev–Trinajstić information content (AvgIpc) is 3.26. The summed E-state index contributed by atoms with van der Waals surface area (Å²) < 4.78 is 27.1. The van der Waals surface area contributed by atoms with Gasteiger partial charge in [0.15, 0.2) is 0 Å². The zero-order valence-corrected chi connectivity index (χ0v) is 15.6. The fourth-order valence-electron chi connectivity index (χ4n) is 3.50. The Bertz CT molecular complexity index is 685. The van der Waals surface area contributed by atoms with Crippen LogP contribution >= 0.6 is 11.3 Å². The van der Waals surface area contributed by atoms with E-state index in [9.17, 15) is 13.2 Å². The quantitative estimate of drug-likeness (QED) is 0.874. The molecule has 1 amide bonds. The summed E-state index contributed by atoms with van der Waals surface area (Å²) in [6.45, 7) is 4.39. The highest BCUT2D eigenvalue weighted by molar-refractivity contribution is 7.89. The first-order valence-corrected chi connectivity index (χ1v) is 10.9. The summed E-state index contributed by atoms with van der Waals surface area (Å²) in [5, 5.41) is 1.70. The molecule has 8 heteroatoms. The van der Waals surface area contributed by atoms with Crippen LogP contribution in [-0.4, -0.2) is 55.8 Å². The van der Waals surface area contributed by atoms with Crippen LogP contribution in [0.25, 0.3) is 0 Å². The molecule has 0 aliphatic carbocycles. The first-order chi connectivity index (χ1) is 11.4. The van der Waals surface area contributed by atoms with Gasteiger partial charge in [-0.25, -0.2) is 8.42 Å². The Hall–Kier alpha value is -0.960. The predicted molar refractivity (Wildman–Crippen MR) is 94.6 cm³/mol. The molecule has 1 aromatic rings. The van der Waals surface area contributed by atoms with E-state index in [2.05, 4.69) is 0 Å². The first-order valence-electron chi connectivity index (χ1n) is 8.54. The SMILES string of the molecule is CC(N)C1CCN(C(=O)c2sccc2S(=O)(=O)N2CCCC2)CC1. The molecule has 0 saturated carbocycles. The van der Waals surface area contributed by atoms with Crippen LogP contribution in [0.2, 0.25) is 0 Å². The first kappa shape index (κ1) is 17.8. The van der Waals surface area contributed by atoms with Gasteiger partial charge >= 0.3 is 0 Å². The summed E-state index contributed by atoms with van der Waals surface area (Å²) in [4.78, 5) is 15.1. The van der Waals surface area contributed by atoms with Crippen LogP contribution in [-0.2, 0) is 10.0 Å². The lowest BCUT2D eigenvalue weighted by Gasteiger charge is -2.33. The maximum absolute atomic E-state index is 12.8. The molecule has 2 N–H and O–H groups in total. The minimum absolute atomic E-state index is 0.134. The van der Waals surface area contributed by atoms with Crippen LogP contribution in [0.1, 0.15) is 42.3 Å². The summed E-state index contributed by atoms with van der Waals surface area (Å²) in [5.41, 5.74) is 5.95. The van der Waals surface area contributed by atoms with Crippen molar-refractivity contribution < 1.29 is 13.2 Å². The Morgan fingerprint density at radius 1 is 1.25 bits per heavy atom. The molecule has 1 atom stereocenters. The standard InChI is InChI=1S/C16H25N3O3S2/c1-12(17)13-4-9-18(10-5-13)16(20)15-14(6-11-23-15)24(21,22)19-7-2-3-8-19/h6,11-13H,2-5,7-10,17H2,1H3. The molecule has 0 spiro atoms. The number of thiophene rings is 1. The van der Waals surface area contributed by atoms with Gasteiger partial charge in [0.1, 0.15) is 9.77 Å². The highest BCUT2D eigenvalue weighted by Gasteiger charge is 2.34. The van der Waals surface area contributed by atoms with Crippen LogP contribution in [0.3, 0.4) is 0 Å². The average molecular weight is 372 g/mol. The number of carbonyl (C=O) groups is 1. The lowest BCUT2D eigenvalue weighted by molar-refractivity contribution is 0.0682. The Kier molecular flexibility index (Phi) is 5.29. The number of carbonyl (C=O) groups excluding carboxylic acids is 1. The highest BCUT2D eigenvalue weighted by Crippen LogP contribution is 2.30. The van der Waals surface area contributed by atoms with Gasteiger partial charge in [0.2, 0.25) is 10.0 Å². The van der Waals surface area contributed by atoms with Crippen LogP contribution in [0, 0.1) is 5.92 Å². The fraction of sp³-hybridized carbons (Fsp3) is 0.688. The third-order valence-corrected chi connectivity index (χ3v) is 8.05. The summed E-state index contributed by atoms with van der Waals surface area (Å²) in [6.07, 6.45) is 3.53. The number of hydrogen-bond acceptors (Lipinski definition) is 5. The number of nitrogens with zero attached hydrogens (tertiary/aromatic N) is 2. The van der Waals surface area contributed by atoms with Crippen molar-refractivity contribution in [2.24, 2.45) is 11.7 Å². The van der Waals surface area contributed by atoms with E-state index < -0.39 is 10.0 Å². The third kappa shape index (κ3) is 3.37. The lowest BCUT2D eigenvalue weighted by Crippen LogP contribution is -2.42. The van der Waals surface area contributed by atoms with Gasteiger partial charge in [-0.15, -0.1) is 11.3 Å². The Morgan fingerprint density at radius 3 is 2.46 bits per heavy atom. The molecule has 0 bridgehead atoms. The largest absolute Gasteiger partial charge is 0.338 e. The van der Waals surface area contributed by atoms with Crippen LogP contribution < -0.4 is 5.73 Å². The molecule has 2 saturated heterocycles. The molecule has 1 unspecified atom stereocenters. The number of likely N-dealkylation sites (tertiary alicyclic amines) is 1. The predicted octanol–water partition coefficient (Wildman–Crippen LogP) is 1.73. The van der Waals surface area contributed by atoms with Gasteiger partial charge < -0.3 is 10.6 Å². The molecule has 3 heterocycles. The molecular weight excluding hydrogens is 346 g/mol. The summed E-state index contributed by atoms with van der Waals surface area (Å²) in [6, 6.07) is 1.70. The summed E-state index contributed by atoms with van der Waals surface area (Å²) in [7, 11) is -3.56. The minimum Gasteiger partial charge on any atom is -0.338 e. The number of sulfonamides is 1. The maximum Gasteiger partial charge on any atom is 0.265 e. The molecule has 3 rings (SSSR count). The van der Waals surface area contributed by atoms with E-state index in [0.29, 0.717) is 37.0 Å². The zero-order chi connectivity index (χ0) is 17.3. The molecule has 24 heavy (non-hydrogen) atoms. The molecule has 0 radical (unpaired) electrons. The Labute approximate surface area is 147 Å². The molecule has 2 fully saturated rings. The van der Waals surface area contributed by atoms with Crippen LogP contribution in [0.15, 0.2) is 16.3 Å². The lowest BCUT2D eigenvalue weighted by atomic mass is 9.91. The normalized spacial score (nSPS) is 22.0. The van der Waals surface area contributed by atoms with E-state index in [0.717, 1.165) is 25.7 Å². The molecule has 1 aromatic heterocycles. The van der Waals surface area contributed by atoms with E-state index in [1.807, 2.05) is 6.92 Å². The number of nitrogens with two attached hydrogens (primary N) is 1.